The van der Waals surface area contributed by atoms with E-state index in [1.807, 2.05) is 18.0 Å². The lowest BCUT2D eigenvalue weighted by Crippen LogP contribution is -2.43. The maximum atomic E-state index is 12.3. The van der Waals surface area contributed by atoms with Gasteiger partial charge in [0, 0.05) is 44.8 Å². The van der Waals surface area contributed by atoms with Crippen molar-refractivity contribution in [2.75, 3.05) is 26.8 Å². The molecule has 25 heavy (non-hydrogen) atoms. The molecule has 2 heterocycles. The fourth-order valence-electron chi connectivity index (χ4n) is 4.65. The molecule has 0 radical (unpaired) electrons. The van der Waals surface area contributed by atoms with E-state index in [2.05, 4.69) is 29.6 Å². The molecule has 136 valence electrons. The summed E-state index contributed by atoms with van der Waals surface area (Å²) in [6.45, 7) is 2.34. The zero-order valence-electron chi connectivity index (χ0n) is 14.9. The second-order valence-corrected chi connectivity index (χ2v) is 7.61. The molecule has 1 aliphatic carbocycles. The molecule has 1 aromatic rings. The molecule has 5 nitrogen and oxygen atoms in total. The van der Waals surface area contributed by atoms with Gasteiger partial charge in [0.15, 0.2) is 5.79 Å². The molecule has 0 unspecified atom stereocenters. The fraction of sp³-hybridized carbons (Fsp3) is 0.650. The van der Waals surface area contributed by atoms with Crippen molar-refractivity contribution < 1.29 is 14.3 Å². The van der Waals surface area contributed by atoms with E-state index in [1.54, 1.807) is 0 Å². The maximum absolute atomic E-state index is 12.3. The van der Waals surface area contributed by atoms with Crippen molar-refractivity contribution in [1.82, 2.24) is 10.2 Å². The van der Waals surface area contributed by atoms with Crippen LogP contribution in [0.4, 0.5) is 0 Å². The zero-order valence-corrected chi connectivity index (χ0v) is 14.9. The van der Waals surface area contributed by atoms with E-state index in [1.165, 1.54) is 5.56 Å². The highest BCUT2D eigenvalue weighted by Gasteiger charge is 2.41. The van der Waals surface area contributed by atoms with Crippen LogP contribution in [0, 0.1) is 5.92 Å². The molecule has 1 aromatic carbocycles. The summed E-state index contributed by atoms with van der Waals surface area (Å²) in [6, 6.07) is 11.1. The van der Waals surface area contributed by atoms with Crippen LogP contribution in [-0.4, -0.2) is 49.4 Å². The van der Waals surface area contributed by atoms with Gasteiger partial charge in [0.05, 0.1) is 19.3 Å². The number of nitrogens with one attached hydrogen (secondary N) is 1. The number of nitrogens with zero attached hydrogens (tertiary/aromatic N) is 1. The summed E-state index contributed by atoms with van der Waals surface area (Å²) in [7, 11) is 1.93. The first-order valence-electron chi connectivity index (χ1n) is 9.49. The number of ether oxygens (including phenoxy) is 2. The second-order valence-electron chi connectivity index (χ2n) is 7.61. The third-order valence-corrected chi connectivity index (χ3v) is 6.06. The molecule has 5 heteroatoms. The Morgan fingerprint density at radius 3 is 2.52 bits per heavy atom. The van der Waals surface area contributed by atoms with Gasteiger partial charge in [0.25, 0.3) is 0 Å². The largest absolute Gasteiger partial charge is 0.348 e. The number of benzene rings is 1. The molecule has 2 atom stereocenters. The monoisotopic (exact) mass is 344 g/mol. The van der Waals surface area contributed by atoms with Crippen LogP contribution < -0.4 is 5.32 Å². The van der Waals surface area contributed by atoms with Crippen LogP contribution in [0.1, 0.15) is 43.7 Å². The molecular weight excluding hydrogens is 316 g/mol. The number of rotatable bonds is 4. The predicted octanol–water partition coefficient (Wildman–Crippen LogP) is 2.48. The molecule has 2 saturated heterocycles. The van der Waals surface area contributed by atoms with E-state index >= 15 is 0 Å². The standard InChI is InChI=1S/C20H28N2O3/c1-22-18(23)13-16(19(22)15-5-3-2-4-6-15)14-21-17-7-9-20(10-8-17)24-11-12-25-20/h2-6,16-17,19,21H,7-14H2,1H3/t16-,19-/m0/s1. The summed E-state index contributed by atoms with van der Waals surface area (Å²) < 4.78 is 11.6. The third-order valence-electron chi connectivity index (χ3n) is 6.06. The van der Waals surface area contributed by atoms with Gasteiger partial charge in [-0.15, -0.1) is 0 Å². The van der Waals surface area contributed by atoms with Crippen molar-refractivity contribution in [2.24, 2.45) is 5.92 Å². The van der Waals surface area contributed by atoms with Gasteiger partial charge < -0.3 is 19.7 Å². The first kappa shape index (κ1) is 17.0. The van der Waals surface area contributed by atoms with Crippen LogP contribution in [0.5, 0.6) is 0 Å². The second kappa shape index (κ2) is 7.06. The Labute approximate surface area is 149 Å². The van der Waals surface area contributed by atoms with Crippen molar-refractivity contribution >= 4 is 5.91 Å². The first-order chi connectivity index (χ1) is 12.2. The maximum Gasteiger partial charge on any atom is 0.223 e. The number of amides is 1. The molecule has 4 rings (SSSR count). The zero-order chi connectivity index (χ0) is 17.3. The van der Waals surface area contributed by atoms with Crippen LogP contribution in [-0.2, 0) is 14.3 Å². The average Bonchev–Trinajstić information content (AvgIpc) is 3.20. The molecule has 1 spiro atoms. The van der Waals surface area contributed by atoms with Crippen molar-refractivity contribution in [3.63, 3.8) is 0 Å². The Hall–Kier alpha value is -1.43. The Balaban J connectivity index is 1.35. The van der Waals surface area contributed by atoms with Crippen LogP contribution in [0.15, 0.2) is 30.3 Å². The minimum absolute atomic E-state index is 0.178. The lowest BCUT2D eigenvalue weighted by molar-refractivity contribution is -0.179. The van der Waals surface area contributed by atoms with E-state index in [0.29, 0.717) is 18.4 Å². The van der Waals surface area contributed by atoms with Crippen molar-refractivity contribution in [3.05, 3.63) is 35.9 Å². The summed E-state index contributed by atoms with van der Waals surface area (Å²) in [5.74, 6) is 0.277. The lowest BCUT2D eigenvalue weighted by Gasteiger charge is -2.36. The Kier molecular flexibility index (Phi) is 4.80. The number of likely N-dealkylation sites (tertiary alicyclic amines) is 1. The first-order valence-corrected chi connectivity index (χ1v) is 9.49. The third kappa shape index (κ3) is 3.46. The Bertz CT molecular complexity index is 590. The molecule has 0 bridgehead atoms. The Morgan fingerprint density at radius 1 is 1.16 bits per heavy atom. The van der Waals surface area contributed by atoms with E-state index < -0.39 is 0 Å². The van der Waals surface area contributed by atoms with Gasteiger partial charge in [0.1, 0.15) is 0 Å². The van der Waals surface area contributed by atoms with Gasteiger partial charge >= 0.3 is 0 Å². The van der Waals surface area contributed by atoms with Crippen LogP contribution in [0.25, 0.3) is 0 Å². The lowest BCUT2D eigenvalue weighted by atomic mass is 9.88. The van der Waals surface area contributed by atoms with Crippen molar-refractivity contribution in [1.29, 1.82) is 0 Å². The topological polar surface area (TPSA) is 50.8 Å². The summed E-state index contributed by atoms with van der Waals surface area (Å²) >= 11 is 0. The number of carbonyl (C=O) groups is 1. The van der Waals surface area contributed by atoms with Crippen LogP contribution >= 0.6 is 0 Å². The Morgan fingerprint density at radius 2 is 1.84 bits per heavy atom. The molecular formula is C20H28N2O3. The van der Waals surface area contributed by atoms with Gasteiger partial charge in [0.2, 0.25) is 5.91 Å². The predicted molar refractivity (Wildman–Crippen MR) is 95.0 cm³/mol. The minimum Gasteiger partial charge on any atom is -0.348 e. The SMILES string of the molecule is CN1C(=O)C[C@@H](CNC2CCC3(CC2)OCCO3)[C@@H]1c1ccccc1. The van der Waals surface area contributed by atoms with Gasteiger partial charge in [-0.05, 0) is 18.4 Å². The van der Waals surface area contributed by atoms with Gasteiger partial charge in [-0.25, -0.2) is 0 Å². The summed E-state index contributed by atoms with van der Waals surface area (Å²) in [5, 5.41) is 3.72. The molecule has 1 amide bonds. The molecule has 3 fully saturated rings. The highest BCUT2D eigenvalue weighted by atomic mass is 16.7. The van der Waals surface area contributed by atoms with E-state index in [0.717, 1.165) is 45.4 Å². The van der Waals surface area contributed by atoms with E-state index in [9.17, 15) is 4.79 Å². The quantitative estimate of drug-likeness (QED) is 0.912. The summed E-state index contributed by atoms with van der Waals surface area (Å²) in [6.07, 6.45) is 4.72. The molecule has 2 aliphatic heterocycles. The average molecular weight is 344 g/mol. The van der Waals surface area contributed by atoms with Crippen LogP contribution in [0.3, 0.4) is 0 Å². The number of hydrogen-bond donors (Lipinski definition) is 1. The van der Waals surface area contributed by atoms with Crippen LogP contribution in [0.2, 0.25) is 0 Å². The van der Waals surface area contributed by atoms with Crippen molar-refractivity contribution in [2.45, 2.75) is 50.0 Å². The number of hydrogen-bond acceptors (Lipinski definition) is 4. The van der Waals surface area contributed by atoms with Gasteiger partial charge in [-0.2, -0.15) is 0 Å². The highest BCUT2D eigenvalue weighted by Crippen LogP contribution is 2.38. The molecule has 1 saturated carbocycles. The molecule has 3 aliphatic rings. The van der Waals surface area contributed by atoms with Gasteiger partial charge in [-0.1, -0.05) is 30.3 Å². The van der Waals surface area contributed by atoms with Crippen molar-refractivity contribution in [3.8, 4) is 0 Å². The normalized spacial score (nSPS) is 29.6. The molecule has 0 aromatic heterocycles. The van der Waals surface area contributed by atoms with E-state index in [-0.39, 0.29) is 17.7 Å². The summed E-state index contributed by atoms with van der Waals surface area (Å²) in [4.78, 5) is 14.2. The van der Waals surface area contributed by atoms with E-state index in [4.69, 9.17) is 9.47 Å². The summed E-state index contributed by atoms with van der Waals surface area (Å²) in [5.41, 5.74) is 1.23. The highest BCUT2D eigenvalue weighted by molar-refractivity contribution is 5.79. The number of carbonyl (C=O) groups excluding carboxylic acids is 1. The minimum atomic E-state index is -0.297. The fourth-order valence-corrected chi connectivity index (χ4v) is 4.65. The smallest absolute Gasteiger partial charge is 0.223 e. The molecule has 1 N–H and O–H groups in total. The van der Waals surface area contributed by atoms with Gasteiger partial charge in [-0.3, -0.25) is 4.79 Å².